The molecule has 5 nitrogen and oxygen atoms in total. The molecule has 3 aromatic rings. The van der Waals surface area contributed by atoms with Gasteiger partial charge in [0.25, 0.3) is 5.91 Å². The lowest BCUT2D eigenvalue weighted by Crippen LogP contribution is -2.51. The van der Waals surface area contributed by atoms with Gasteiger partial charge in [-0.1, -0.05) is 61.7 Å². The Morgan fingerprint density at radius 1 is 1.00 bits per heavy atom. The summed E-state index contributed by atoms with van der Waals surface area (Å²) in [5, 5.41) is 23.6. The number of ketones is 1. The number of halogens is 3. The number of alkyl halides is 3. The van der Waals surface area contributed by atoms with Gasteiger partial charge in [-0.05, 0) is 66.6 Å². The van der Waals surface area contributed by atoms with Crippen LogP contribution in [-0.2, 0) is 17.4 Å². The fraction of sp³-hybridized carbons (Fsp3) is 0.323. The monoisotopic (exact) mass is 534 g/mol. The summed E-state index contributed by atoms with van der Waals surface area (Å²) in [5.41, 5.74) is -1.04. The number of benzene rings is 3. The topological polar surface area (TPSA) is 90.2 Å². The molecular weight excluding hydrogens is 505 g/mol. The average Bonchev–Trinajstić information content (AvgIpc) is 2.93. The number of amides is 1. The van der Waals surface area contributed by atoms with E-state index in [4.69, 9.17) is 5.26 Å². The molecule has 4 rings (SSSR count). The molecule has 1 amide bonds. The van der Waals surface area contributed by atoms with Gasteiger partial charge in [0.1, 0.15) is 5.60 Å². The number of anilines is 1. The summed E-state index contributed by atoms with van der Waals surface area (Å²) in [5.74, 6) is -1.28. The first-order valence-corrected chi connectivity index (χ1v) is 12.9. The number of nitrogens with zero attached hydrogens (tertiary/aromatic N) is 1. The van der Waals surface area contributed by atoms with Crippen LogP contribution >= 0.6 is 0 Å². The molecule has 8 heteroatoms. The molecule has 0 spiro atoms. The zero-order chi connectivity index (χ0) is 28.2. The van der Waals surface area contributed by atoms with Crippen molar-refractivity contribution in [3.8, 4) is 17.2 Å². The summed E-state index contributed by atoms with van der Waals surface area (Å²) in [6.07, 6.45) is -0.992. The van der Waals surface area contributed by atoms with Crippen molar-refractivity contribution in [3.63, 3.8) is 0 Å². The highest BCUT2D eigenvalue weighted by Crippen LogP contribution is 2.39. The highest BCUT2D eigenvalue weighted by Gasteiger charge is 2.45. The smallest absolute Gasteiger partial charge is 0.379 e. The number of hydrogen-bond donors (Lipinski definition) is 2. The van der Waals surface area contributed by atoms with Crippen molar-refractivity contribution in [2.45, 2.75) is 57.2 Å². The Balaban J connectivity index is 1.72. The van der Waals surface area contributed by atoms with Gasteiger partial charge in [0.2, 0.25) is 0 Å². The van der Waals surface area contributed by atoms with E-state index in [2.05, 4.69) is 5.32 Å². The van der Waals surface area contributed by atoms with Gasteiger partial charge in [-0.2, -0.15) is 18.4 Å². The van der Waals surface area contributed by atoms with Crippen molar-refractivity contribution in [3.05, 3.63) is 89.0 Å². The molecular formula is C31H29F3N2O3. The highest BCUT2D eigenvalue weighted by atomic mass is 19.4. The zero-order valence-electron chi connectivity index (χ0n) is 21.5. The number of nitriles is 1. The van der Waals surface area contributed by atoms with Crippen LogP contribution in [0.5, 0.6) is 0 Å². The summed E-state index contributed by atoms with van der Waals surface area (Å²) < 4.78 is 40.5. The lowest BCUT2D eigenvalue weighted by Gasteiger charge is -2.38. The fourth-order valence-electron chi connectivity index (χ4n) is 5.34. The maximum Gasteiger partial charge on any atom is 0.417 e. The van der Waals surface area contributed by atoms with Gasteiger partial charge in [0, 0.05) is 17.7 Å². The van der Waals surface area contributed by atoms with E-state index in [1.807, 2.05) is 18.2 Å². The van der Waals surface area contributed by atoms with Crippen molar-refractivity contribution in [2.24, 2.45) is 5.92 Å². The van der Waals surface area contributed by atoms with Crippen LogP contribution in [0.2, 0.25) is 0 Å². The van der Waals surface area contributed by atoms with Crippen molar-refractivity contribution in [1.82, 2.24) is 0 Å². The predicted octanol–water partition coefficient (Wildman–Crippen LogP) is 6.94. The molecule has 1 atom stereocenters. The van der Waals surface area contributed by atoms with E-state index in [1.165, 1.54) is 19.1 Å². The molecule has 0 radical (unpaired) electrons. The number of Topliss-reactive ketones (excluding diaryl/α,β-unsaturated/α-hetero) is 1. The Kier molecular flexibility index (Phi) is 8.22. The zero-order valence-corrected chi connectivity index (χ0v) is 21.5. The third kappa shape index (κ3) is 6.21. The number of carbonyl (C=O) groups is 2. The second-order valence-corrected chi connectivity index (χ2v) is 10.1. The van der Waals surface area contributed by atoms with Gasteiger partial charge in [-0.25, -0.2) is 0 Å². The number of nitrogens with one attached hydrogen (secondary N) is 1. The third-order valence-corrected chi connectivity index (χ3v) is 7.43. The molecule has 1 fully saturated rings. The summed E-state index contributed by atoms with van der Waals surface area (Å²) in [6.45, 7) is 1.48. The quantitative estimate of drug-likeness (QED) is 0.321. The molecule has 0 bridgehead atoms. The van der Waals surface area contributed by atoms with Crippen LogP contribution in [0.1, 0.15) is 66.1 Å². The van der Waals surface area contributed by atoms with Gasteiger partial charge in [0.05, 0.1) is 17.2 Å². The van der Waals surface area contributed by atoms with Crippen LogP contribution in [0.4, 0.5) is 18.9 Å². The molecule has 1 unspecified atom stereocenters. The largest absolute Gasteiger partial charge is 0.417 e. The summed E-state index contributed by atoms with van der Waals surface area (Å²) in [7, 11) is 0. The van der Waals surface area contributed by atoms with Crippen LogP contribution in [-0.4, -0.2) is 22.4 Å². The van der Waals surface area contributed by atoms with E-state index in [0.29, 0.717) is 24.0 Å². The minimum Gasteiger partial charge on any atom is -0.379 e. The molecule has 2 N–H and O–H groups in total. The normalized spacial score (nSPS) is 15.7. The maximum absolute atomic E-state index is 13.7. The van der Waals surface area contributed by atoms with Gasteiger partial charge in [-0.3, -0.25) is 9.59 Å². The first kappa shape index (κ1) is 28.1. The first-order chi connectivity index (χ1) is 18.5. The van der Waals surface area contributed by atoms with Crippen molar-refractivity contribution < 1.29 is 27.9 Å². The van der Waals surface area contributed by atoms with Crippen molar-refractivity contribution in [2.75, 3.05) is 5.32 Å². The number of carbonyl (C=O) groups excluding carboxylic acids is 2. The lowest BCUT2D eigenvalue weighted by molar-refractivity contribution is -0.142. The van der Waals surface area contributed by atoms with E-state index in [-0.39, 0.29) is 17.9 Å². The van der Waals surface area contributed by atoms with E-state index >= 15 is 0 Å². The molecule has 3 aromatic carbocycles. The van der Waals surface area contributed by atoms with Crippen molar-refractivity contribution >= 4 is 17.4 Å². The highest BCUT2D eigenvalue weighted by molar-refractivity contribution is 5.98. The molecule has 1 aliphatic rings. The molecule has 0 aliphatic heterocycles. The molecule has 202 valence electrons. The molecule has 39 heavy (non-hydrogen) atoms. The molecule has 0 saturated heterocycles. The fourth-order valence-corrected chi connectivity index (χ4v) is 5.34. The number of aliphatic hydroxyl groups is 1. The predicted molar refractivity (Wildman–Crippen MR) is 142 cm³/mol. The van der Waals surface area contributed by atoms with Gasteiger partial charge >= 0.3 is 6.18 Å². The Hall–Kier alpha value is -3.96. The Labute approximate surface area is 225 Å². The van der Waals surface area contributed by atoms with E-state index < -0.39 is 34.7 Å². The van der Waals surface area contributed by atoms with E-state index in [0.717, 1.165) is 42.5 Å². The maximum atomic E-state index is 13.7. The van der Waals surface area contributed by atoms with Gasteiger partial charge < -0.3 is 10.4 Å². The van der Waals surface area contributed by atoms with Crippen LogP contribution in [0.15, 0.2) is 66.7 Å². The van der Waals surface area contributed by atoms with E-state index in [9.17, 15) is 27.9 Å². The first-order valence-electron chi connectivity index (χ1n) is 12.9. The van der Waals surface area contributed by atoms with Crippen LogP contribution in [0, 0.1) is 17.2 Å². The lowest BCUT2D eigenvalue weighted by atomic mass is 9.72. The molecule has 0 aromatic heterocycles. The average molecular weight is 535 g/mol. The molecule has 1 saturated carbocycles. The van der Waals surface area contributed by atoms with Crippen molar-refractivity contribution in [1.29, 1.82) is 5.26 Å². The molecule has 1 aliphatic carbocycles. The van der Waals surface area contributed by atoms with Crippen LogP contribution in [0.25, 0.3) is 11.1 Å². The van der Waals surface area contributed by atoms with E-state index in [1.54, 1.807) is 30.3 Å². The summed E-state index contributed by atoms with van der Waals surface area (Å²) >= 11 is 0. The second kappa shape index (κ2) is 11.4. The van der Waals surface area contributed by atoms with Gasteiger partial charge in [0.15, 0.2) is 5.78 Å². The Bertz CT molecular complexity index is 1420. The minimum atomic E-state index is -4.78. The summed E-state index contributed by atoms with van der Waals surface area (Å²) in [4.78, 5) is 25.6. The Morgan fingerprint density at radius 3 is 2.38 bits per heavy atom. The second-order valence-electron chi connectivity index (χ2n) is 10.1. The van der Waals surface area contributed by atoms with Crippen LogP contribution in [0.3, 0.4) is 0 Å². The third-order valence-electron chi connectivity index (χ3n) is 7.43. The number of hydrogen-bond acceptors (Lipinski definition) is 4. The van der Waals surface area contributed by atoms with Gasteiger partial charge in [-0.15, -0.1) is 0 Å². The van der Waals surface area contributed by atoms with Crippen LogP contribution < -0.4 is 5.32 Å². The Morgan fingerprint density at radius 2 is 1.72 bits per heavy atom. The summed E-state index contributed by atoms with van der Waals surface area (Å²) in [6, 6.07) is 18.9. The molecule has 0 heterocycles. The standard InChI is InChI=1S/C31H29F3N2O3/c1-20(37)21-9-7-10-22(16-21)27-13-6-5-8-23(27)18-30(39,25-11-3-2-4-12-25)29(38)36-26-15-14-24(19-35)28(17-26)31(32,33)34/h5-10,13-17,25,39H,2-4,11-12,18H2,1H3,(H,36,38). The number of rotatable bonds is 7. The SMILES string of the molecule is CC(=O)c1cccc(-c2ccccc2CC(O)(C(=O)Nc2ccc(C#N)c(C(F)(F)F)c2)C2CCCCC2)c1. The minimum absolute atomic E-state index is 0.0631.